The van der Waals surface area contributed by atoms with E-state index in [0.29, 0.717) is 0 Å². The summed E-state index contributed by atoms with van der Waals surface area (Å²) in [6, 6.07) is 56.3. The van der Waals surface area contributed by atoms with E-state index in [1.807, 2.05) is 0 Å². The van der Waals surface area contributed by atoms with E-state index in [0.717, 1.165) is 57.8 Å². The van der Waals surface area contributed by atoms with Gasteiger partial charge in [-0.2, -0.15) is 0 Å². The molecule has 0 saturated heterocycles. The molecule has 8 aromatic rings. The molecule has 1 aliphatic carbocycles. The van der Waals surface area contributed by atoms with Crippen LogP contribution in [0, 0.1) is 0 Å². The molecule has 0 unspecified atom stereocenters. The number of fused-ring (bicyclic) bond motifs is 4. The Balaban J connectivity index is 1.28. The number of rotatable bonds is 6. The quantitative estimate of drug-likeness (QED) is 0.184. The fourth-order valence-corrected chi connectivity index (χ4v) is 7.73. The third kappa shape index (κ3) is 4.57. The normalized spacial score (nSPS) is 13.6. The lowest BCUT2D eigenvalue weighted by molar-refractivity contribution is 0.474. The largest absolute Gasteiger partial charge is 0.456 e. The van der Waals surface area contributed by atoms with Crippen LogP contribution < -0.4 is 9.80 Å². The summed E-state index contributed by atoms with van der Waals surface area (Å²) in [5.74, 6) is 0. The van der Waals surface area contributed by atoms with Gasteiger partial charge >= 0.3 is 0 Å². The average molecular weight is 621 g/mol. The maximum absolute atomic E-state index is 6.80. The average Bonchev–Trinajstić information content (AvgIpc) is 3.50. The van der Waals surface area contributed by atoms with Crippen LogP contribution in [0.2, 0.25) is 0 Å². The van der Waals surface area contributed by atoms with E-state index < -0.39 is 0 Å². The highest BCUT2D eigenvalue weighted by molar-refractivity contribution is 6.21. The molecule has 0 N–H and O–H groups in total. The Kier molecular flexibility index (Phi) is 6.62. The van der Waals surface area contributed by atoms with Crippen molar-refractivity contribution >= 4 is 66.8 Å². The van der Waals surface area contributed by atoms with Crippen molar-refractivity contribution in [2.24, 2.45) is 0 Å². The predicted molar refractivity (Wildman–Crippen MR) is 202 cm³/mol. The molecular formula is C45H36N2O. The second kappa shape index (κ2) is 11.2. The molecule has 0 saturated carbocycles. The Bertz CT molecular complexity index is 2330. The lowest BCUT2D eigenvalue weighted by atomic mass is 9.71. The van der Waals surface area contributed by atoms with Gasteiger partial charge in [0.2, 0.25) is 0 Å². The van der Waals surface area contributed by atoms with Gasteiger partial charge in [-0.1, -0.05) is 92.7 Å². The van der Waals surface area contributed by atoms with Gasteiger partial charge in [0.15, 0.2) is 0 Å². The Morgan fingerprint density at radius 2 is 1.00 bits per heavy atom. The maximum atomic E-state index is 6.80. The zero-order valence-corrected chi connectivity index (χ0v) is 27.2. The molecule has 1 heterocycles. The van der Waals surface area contributed by atoms with Gasteiger partial charge in [0.05, 0.1) is 0 Å². The van der Waals surface area contributed by atoms with Gasteiger partial charge in [0.1, 0.15) is 11.2 Å². The van der Waals surface area contributed by atoms with Crippen LogP contribution in [-0.4, -0.2) is 0 Å². The summed E-state index contributed by atoms with van der Waals surface area (Å²) in [4.78, 5) is 4.71. The molecule has 0 fully saturated rings. The zero-order chi connectivity index (χ0) is 32.2. The molecule has 0 aliphatic heterocycles. The summed E-state index contributed by atoms with van der Waals surface area (Å²) in [6.45, 7) is 4.77. The first-order valence-corrected chi connectivity index (χ1v) is 16.8. The van der Waals surface area contributed by atoms with Crippen molar-refractivity contribution < 1.29 is 4.42 Å². The minimum atomic E-state index is 0.0178. The molecule has 3 nitrogen and oxygen atoms in total. The molecule has 232 valence electrons. The smallest absolute Gasteiger partial charge is 0.137 e. The first kappa shape index (κ1) is 28.4. The first-order chi connectivity index (χ1) is 23.6. The van der Waals surface area contributed by atoms with Crippen LogP contribution in [0.3, 0.4) is 0 Å². The Labute approximate surface area is 281 Å². The highest BCUT2D eigenvalue weighted by Crippen LogP contribution is 2.50. The number of nitrogens with zero attached hydrogens (tertiary/aromatic N) is 2. The highest BCUT2D eigenvalue weighted by Gasteiger charge is 2.33. The van der Waals surface area contributed by atoms with Crippen molar-refractivity contribution in [1.82, 2.24) is 0 Å². The fraction of sp³-hybridized carbons (Fsp3) is 0.111. The van der Waals surface area contributed by atoms with Gasteiger partial charge in [0.25, 0.3) is 0 Å². The number of hydrogen-bond acceptors (Lipinski definition) is 3. The molecule has 48 heavy (non-hydrogen) atoms. The summed E-state index contributed by atoms with van der Waals surface area (Å²) in [6.07, 6.45) is 2.08. The molecule has 3 heteroatoms. The van der Waals surface area contributed by atoms with E-state index in [1.54, 1.807) is 0 Å². The van der Waals surface area contributed by atoms with Gasteiger partial charge in [-0.3, -0.25) is 0 Å². The van der Waals surface area contributed by atoms with Crippen LogP contribution in [0.1, 0.15) is 31.4 Å². The van der Waals surface area contributed by atoms with Gasteiger partial charge in [-0.15, -0.1) is 0 Å². The Morgan fingerprint density at radius 3 is 1.56 bits per heavy atom. The van der Waals surface area contributed by atoms with Crippen LogP contribution in [0.15, 0.2) is 162 Å². The molecule has 0 radical (unpaired) electrons. The Hall–Kier alpha value is -5.80. The molecule has 0 bridgehead atoms. The summed E-state index contributed by atoms with van der Waals surface area (Å²) < 4.78 is 6.80. The van der Waals surface area contributed by atoms with Crippen molar-refractivity contribution in [1.29, 1.82) is 0 Å². The lowest BCUT2D eigenvalue weighted by Crippen LogP contribution is -2.24. The number of aryl methyl sites for hydroxylation is 1. The number of anilines is 6. The first-order valence-electron chi connectivity index (χ1n) is 16.8. The van der Waals surface area contributed by atoms with Crippen molar-refractivity contribution in [3.8, 4) is 0 Å². The van der Waals surface area contributed by atoms with Crippen LogP contribution in [-0.2, 0) is 11.8 Å². The number of benzene rings is 7. The molecule has 0 spiro atoms. The second-order valence-corrected chi connectivity index (χ2v) is 13.5. The molecule has 1 aromatic heterocycles. The highest BCUT2D eigenvalue weighted by atomic mass is 16.3. The van der Waals surface area contributed by atoms with Crippen LogP contribution in [0.25, 0.3) is 32.7 Å². The van der Waals surface area contributed by atoms with Crippen LogP contribution in [0.5, 0.6) is 0 Å². The van der Waals surface area contributed by atoms with Gasteiger partial charge in [0, 0.05) is 51.0 Å². The molecule has 0 atom stereocenters. The molecular weight excluding hydrogens is 585 g/mol. The van der Waals surface area contributed by atoms with Gasteiger partial charge in [-0.25, -0.2) is 0 Å². The molecule has 7 aromatic carbocycles. The van der Waals surface area contributed by atoms with E-state index in [9.17, 15) is 0 Å². The molecule has 0 amide bonds. The summed E-state index contributed by atoms with van der Waals surface area (Å²) in [5.41, 5.74) is 11.5. The summed E-state index contributed by atoms with van der Waals surface area (Å²) in [5, 5.41) is 4.98. The van der Waals surface area contributed by atoms with Crippen molar-refractivity contribution in [3.05, 3.63) is 169 Å². The van der Waals surface area contributed by atoms with E-state index >= 15 is 0 Å². The van der Waals surface area contributed by atoms with Crippen molar-refractivity contribution in [2.45, 2.75) is 32.1 Å². The Morgan fingerprint density at radius 1 is 0.479 bits per heavy atom. The number of para-hydroxylation sites is 4. The third-order valence-corrected chi connectivity index (χ3v) is 10.1. The van der Waals surface area contributed by atoms with Crippen LogP contribution in [0.4, 0.5) is 34.1 Å². The minimum absolute atomic E-state index is 0.0178. The third-order valence-electron chi connectivity index (χ3n) is 10.1. The van der Waals surface area contributed by atoms with Crippen LogP contribution >= 0.6 is 0 Å². The summed E-state index contributed by atoms with van der Waals surface area (Å²) in [7, 11) is 0. The minimum Gasteiger partial charge on any atom is -0.456 e. The van der Waals surface area contributed by atoms with Gasteiger partial charge in [-0.05, 0) is 113 Å². The maximum Gasteiger partial charge on any atom is 0.137 e. The number of furan rings is 1. The van der Waals surface area contributed by atoms with E-state index in [1.165, 1.54) is 33.0 Å². The van der Waals surface area contributed by atoms with Crippen molar-refractivity contribution in [3.63, 3.8) is 0 Å². The summed E-state index contributed by atoms with van der Waals surface area (Å²) >= 11 is 0. The fourth-order valence-electron chi connectivity index (χ4n) is 7.73. The standard InChI is InChI=1S/C45H36N2O/c1-45(2)28-27-36-40(47(33-19-11-5-12-20-33)34-21-13-6-14-22-34)26-25-38-43(36)39(45)30-42-44(38)37-24-23-35(29-41(37)48-42)46(31-15-7-3-8-16-31)32-17-9-4-10-18-32/h3-26,29-30H,27-28H2,1-2H3. The lowest BCUT2D eigenvalue weighted by Gasteiger charge is -2.36. The topological polar surface area (TPSA) is 19.6 Å². The monoisotopic (exact) mass is 620 g/mol. The number of hydrogen-bond donors (Lipinski definition) is 0. The van der Waals surface area contributed by atoms with Crippen molar-refractivity contribution in [2.75, 3.05) is 9.80 Å². The SMILES string of the molecule is CC1(C)CCc2c(N(c3ccccc3)c3ccccc3)ccc3c2c1cc1oc2cc(N(c4ccccc4)c4ccccc4)ccc2c13. The zero-order valence-electron chi connectivity index (χ0n) is 27.2. The predicted octanol–water partition coefficient (Wildman–Crippen LogP) is 12.9. The van der Waals surface area contributed by atoms with Gasteiger partial charge < -0.3 is 14.2 Å². The van der Waals surface area contributed by atoms with E-state index in [4.69, 9.17) is 4.42 Å². The molecule has 9 rings (SSSR count). The van der Waals surface area contributed by atoms with E-state index in [-0.39, 0.29) is 5.41 Å². The second-order valence-electron chi connectivity index (χ2n) is 13.5. The molecule has 1 aliphatic rings. The van der Waals surface area contributed by atoms with E-state index in [2.05, 4.69) is 181 Å².